The van der Waals surface area contributed by atoms with Crippen molar-refractivity contribution in [3.05, 3.63) is 41.3 Å². The fraction of sp³-hybridized carbons (Fsp3) is 0.438. The highest BCUT2D eigenvalue weighted by Crippen LogP contribution is 2.30. The van der Waals surface area contributed by atoms with E-state index in [2.05, 4.69) is 54.3 Å². The second-order valence-corrected chi connectivity index (χ2v) is 6.01. The average Bonchev–Trinajstić information content (AvgIpc) is 2.96. The van der Waals surface area contributed by atoms with Crippen molar-refractivity contribution in [3.63, 3.8) is 0 Å². The van der Waals surface area contributed by atoms with Crippen molar-refractivity contribution in [1.82, 2.24) is 15.3 Å². The topological polar surface area (TPSA) is 40.7 Å². The van der Waals surface area contributed by atoms with Crippen LogP contribution in [0.5, 0.6) is 0 Å². The minimum absolute atomic E-state index is 0.150. The predicted molar refractivity (Wildman–Crippen MR) is 78.3 cm³/mol. The van der Waals surface area contributed by atoms with E-state index in [1.807, 2.05) is 6.20 Å². The Bertz CT molecular complexity index is 572. The average molecular weight is 255 g/mol. The second-order valence-electron chi connectivity index (χ2n) is 6.01. The van der Waals surface area contributed by atoms with Crippen molar-refractivity contribution in [3.8, 4) is 11.3 Å². The first-order valence-electron chi connectivity index (χ1n) is 6.92. The molecule has 0 amide bonds. The van der Waals surface area contributed by atoms with Gasteiger partial charge >= 0.3 is 0 Å². The van der Waals surface area contributed by atoms with Gasteiger partial charge in [-0.05, 0) is 38.9 Å². The lowest BCUT2D eigenvalue weighted by atomic mass is 9.89. The third-order valence-electron chi connectivity index (χ3n) is 4.05. The zero-order valence-electron chi connectivity index (χ0n) is 11.9. The molecule has 1 unspecified atom stereocenters. The quantitative estimate of drug-likeness (QED) is 0.866. The zero-order chi connectivity index (χ0) is 13.5. The first-order valence-corrected chi connectivity index (χ1v) is 6.92. The number of aryl methyl sites for hydroxylation is 2. The van der Waals surface area contributed by atoms with Gasteiger partial charge in [0.05, 0.1) is 11.9 Å². The number of rotatable bonds is 2. The summed E-state index contributed by atoms with van der Waals surface area (Å²) in [4.78, 5) is 8.13. The molecule has 3 nitrogen and oxygen atoms in total. The Hall–Kier alpha value is -1.61. The summed E-state index contributed by atoms with van der Waals surface area (Å²) >= 11 is 0. The van der Waals surface area contributed by atoms with Crippen LogP contribution in [0.2, 0.25) is 0 Å². The lowest BCUT2D eigenvalue weighted by Gasteiger charge is -2.19. The number of benzene rings is 1. The molecule has 100 valence electrons. The van der Waals surface area contributed by atoms with Crippen molar-refractivity contribution in [2.24, 2.45) is 0 Å². The van der Waals surface area contributed by atoms with Crippen LogP contribution in [0.1, 0.15) is 30.3 Å². The SMILES string of the molecule is Cc1cc(C)cc(-c2cnc(C3(C)CCNC3)[nH]2)c1. The van der Waals surface area contributed by atoms with E-state index < -0.39 is 0 Å². The van der Waals surface area contributed by atoms with Gasteiger partial charge in [-0.1, -0.05) is 24.1 Å². The molecule has 3 rings (SSSR count). The molecule has 0 aliphatic carbocycles. The maximum atomic E-state index is 4.61. The Morgan fingerprint density at radius 2 is 1.89 bits per heavy atom. The summed E-state index contributed by atoms with van der Waals surface area (Å²) in [5, 5.41) is 3.42. The Morgan fingerprint density at radius 3 is 2.53 bits per heavy atom. The van der Waals surface area contributed by atoms with Crippen LogP contribution in [0.15, 0.2) is 24.4 Å². The van der Waals surface area contributed by atoms with Crippen LogP contribution in [0, 0.1) is 13.8 Å². The molecule has 0 radical (unpaired) electrons. The molecule has 0 bridgehead atoms. The number of H-pyrrole nitrogens is 1. The zero-order valence-corrected chi connectivity index (χ0v) is 11.9. The van der Waals surface area contributed by atoms with Gasteiger partial charge in [-0.3, -0.25) is 0 Å². The van der Waals surface area contributed by atoms with Gasteiger partial charge in [-0.15, -0.1) is 0 Å². The first-order chi connectivity index (χ1) is 9.07. The van der Waals surface area contributed by atoms with E-state index in [0.29, 0.717) is 0 Å². The molecule has 1 aromatic heterocycles. The molecule has 2 N–H and O–H groups in total. The monoisotopic (exact) mass is 255 g/mol. The van der Waals surface area contributed by atoms with Crippen molar-refractivity contribution < 1.29 is 0 Å². The Kier molecular flexibility index (Phi) is 2.94. The van der Waals surface area contributed by atoms with Gasteiger partial charge < -0.3 is 10.3 Å². The van der Waals surface area contributed by atoms with Crippen LogP contribution in [-0.2, 0) is 5.41 Å². The van der Waals surface area contributed by atoms with Crippen LogP contribution in [0.3, 0.4) is 0 Å². The molecule has 2 aromatic rings. The third-order valence-corrected chi connectivity index (χ3v) is 4.05. The maximum absolute atomic E-state index is 4.61. The lowest BCUT2D eigenvalue weighted by Crippen LogP contribution is -2.26. The van der Waals surface area contributed by atoms with Gasteiger partial charge in [0.2, 0.25) is 0 Å². The summed E-state index contributed by atoms with van der Waals surface area (Å²) < 4.78 is 0. The molecule has 2 heterocycles. The summed E-state index contributed by atoms with van der Waals surface area (Å²) in [5.41, 5.74) is 5.08. The van der Waals surface area contributed by atoms with E-state index in [-0.39, 0.29) is 5.41 Å². The van der Waals surface area contributed by atoms with Gasteiger partial charge in [0.25, 0.3) is 0 Å². The molecule has 1 saturated heterocycles. The highest BCUT2D eigenvalue weighted by molar-refractivity contribution is 5.61. The lowest BCUT2D eigenvalue weighted by molar-refractivity contribution is 0.495. The summed E-state index contributed by atoms with van der Waals surface area (Å²) in [6.07, 6.45) is 3.11. The summed E-state index contributed by atoms with van der Waals surface area (Å²) in [6.45, 7) is 8.63. The Labute approximate surface area is 114 Å². The van der Waals surface area contributed by atoms with Crippen LogP contribution in [0.4, 0.5) is 0 Å². The normalized spacial score (nSPS) is 22.9. The number of imidazole rings is 1. The largest absolute Gasteiger partial charge is 0.342 e. The van der Waals surface area contributed by atoms with E-state index in [1.54, 1.807) is 0 Å². The summed E-state index contributed by atoms with van der Waals surface area (Å²) in [6, 6.07) is 6.61. The fourth-order valence-electron chi connectivity index (χ4n) is 2.92. The van der Waals surface area contributed by atoms with Crippen LogP contribution in [-0.4, -0.2) is 23.1 Å². The first kappa shape index (κ1) is 12.4. The smallest absolute Gasteiger partial charge is 0.113 e. The summed E-state index contributed by atoms with van der Waals surface area (Å²) in [5.74, 6) is 1.10. The minimum atomic E-state index is 0.150. The number of aromatic nitrogens is 2. The van der Waals surface area contributed by atoms with Gasteiger partial charge in [0, 0.05) is 17.5 Å². The number of aromatic amines is 1. The standard InChI is InChI=1S/C16H21N3/c1-11-6-12(2)8-13(7-11)14-9-18-15(19-14)16(3)4-5-17-10-16/h6-9,17H,4-5,10H2,1-3H3,(H,18,19). The van der Waals surface area contributed by atoms with Gasteiger partial charge in [0.1, 0.15) is 5.82 Å². The fourth-order valence-corrected chi connectivity index (χ4v) is 2.92. The Morgan fingerprint density at radius 1 is 1.16 bits per heavy atom. The van der Waals surface area contributed by atoms with Crippen molar-refractivity contribution in [2.75, 3.05) is 13.1 Å². The number of hydrogen-bond donors (Lipinski definition) is 2. The molecule has 1 fully saturated rings. The van der Waals surface area contributed by atoms with E-state index in [0.717, 1.165) is 31.0 Å². The van der Waals surface area contributed by atoms with Crippen LogP contribution in [0.25, 0.3) is 11.3 Å². The highest BCUT2D eigenvalue weighted by Gasteiger charge is 2.33. The number of hydrogen-bond acceptors (Lipinski definition) is 2. The maximum Gasteiger partial charge on any atom is 0.113 e. The van der Waals surface area contributed by atoms with Gasteiger partial charge in [-0.2, -0.15) is 0 Å². The van der Waals surface area contributed by atoms with Crippen LogP contribution >= 0.6 is 0 Å². The van der Waals surface area contributed by atoms with Gasteiger partial charge in [-0.25, -0.2) is 4.98 Å². The molecular formula is C16H21N3. The molecule has 0 spiro atoms. The third kappa shape index (κ3) is 2.30. The minimum Gasteiger partial charge on any atom is -0.342 e. The van der Waals surface area contributed by atoms with Crippen LogP contribution < -0.4 is 5.32 Å². The Balaban J connectivity index is 1.96. The van der Waals surface area contributed by atoms with E-state index in [1.165, 1.54) is 16.7 Å². The number of nitrogens with zero attached hydrogens (tertiary/aromatic N) is 1. The molecule has 1 aliphatic rings. The van der Waals surface area contributed by atoms with E-state index in [4.69, 9.17) is 0 Å². The van der Waals surface area contributed by atoms with Crippen molar-refractivity contribution in [2.45, 2.75) is 32.6 Å². The van der Waals surface area contributed by atoms with Gasteiger partial charge in [0.15, 0.2) is 0 Å². The molecule has 0 saturated carbocycles. The van der Waals surface area contributed by atoms with E-state index >= 15 is 0 Å². The number of nitrogens with one attached hydrogen (secondary N) is 2. The molecule has 3 heteroatoms. The second kappa shape index (κ2) is 4.49. The molecule has 1 aromatic carbocycles. The summed E-state index contributed by atoms with van der Waals surface area (Å²) in [7, 11) is 0. The molecule has 1 aliphatic heterocycles. The van der Waals surface area contributed by atoms with E-state index in [9.17, 15) is 0 Å². The predicted octanol–water partition coefficient (Wildman–Crippen LogP) is 2.94. The molecule has 19 heavy (non-hydrogen) atoms. The van der Waals surface area contributed by atoms with Crippen molar-refractivity contribution in [1.29, 1.82) is 0 Å². The highest BCUT2D eigenvalue weighted by atomic mass is 15.0. The van der Waals surface area contributed by atoms with Crippen molar-refractivity contribution >= 4 is 0 Å². The molecule has 1 atom stereocenters. The molecular weight excluding hydrogens is 234 g/mol.